The van der Waals surface area contributed by atoms with Crippen LogP contribution in [0.5, 0.6) is 0 Å². The minimum absolute atomic E-state index is 0.0202. The summed E-state index contributed by atoms with van der Waals surface area (Å²) in [4.78, 5) is 11.9. The number of nitrogen functional groups attached to an aromatic ring is 1. The van der Waals surface area contributed by atoms with E-state index in [-0.39, 0.29) is 11.5 Å². The van der Waals surface area contributed by atoms with Crippen LogP contribution in [0.15, 0.2) is 47.1 Å². The lowest BCUT2D eigenvalue weighted by molar-refractivity contribution is 0.101. The van der Waals surface area contributed by atoms with Gasteiger partial charge in [0.2, 0.25) is 11.5 Å². The molecule has 0 radical (unpaired) electrons. The molecule has 0 spiro atoms. The molecule has 1 heterocycles. The Morgan fingerprint density at radius 3 is 2.63 bits per heavy atom. The lowest BCUT2D eigenvalue weighted by Crippen LogP contribution is -2.14. The van der Waals surface area contributed by atoms with Crippen LogP contribution in [0, 0.1) is 0 Å². The van der Waals surface area contributed by atoms with Gasteiger partial charge in [0.15, 0.2) is 0 Å². The summed E-state index contributed by atoms with van der Waals surface area (Å²) in [6, 6.07) is 13.5. The zero-order valence-electron chi connectivity index (χ0n) is 9.83. The number of rotatable bonds is 2. The average Bonchev–Trinajstić information content (AvgIpc) is 2.85. The molecule has 0 fully saturated rings. The summed E-state index contributed by atoms with van der Waals surface area (Å²) < 4.78 is 4.39. The van der Waals surface area contributed by atoms with Gasteiger partial charge in [-0.1, -0.05) is 30.3 Å². The maximum atomic E-state index is 11.9. The molecule has 0 aliphatic rings. The van der Waals surface area contributed by atoms with Crippen molar-refractivity contribution in [1.82, 2.24) is 10.3 Å². The van der Waals surface area contributed by atoms with Gasteiger partial charge in [0.25, 0.3) is 5.91 Å². The first-order valence-corrected chi connectivity index (χ1v) is 5.62. The molecule has 0 unspecified atom stereocenters. The SMILES string of the molecule is Nc1nonc1C(=O)Nc1ccc2ccccc2c1. The van der Waals surface area contributed by atoms with Gasteiger partial charge in [-0.2, -0.15) is 0 Å². The van der Waals surface area contributed by atoms with Gasteiger partial charge in [-0.25, -0.2) is 4.63 Å². The molecular formula is C13H10N4O2. The molecule has 0 saturated heterocycles. The van der Waals surface area contributed by atoms with E-state index in [0.717, 1.165) is 10.8 Å². The van der Waals surface area contributed by atoms with Gasteiger partial charge in [0, 0.05) is 5.69 Å². The van der Waals surface area contributed by atoms with E-state index >= 15 is 0 Å². The highest BCUT2D eigenvalue weighted by atomic mass is 16.6. The van der Waals surface area contributed by atoms with Crippen LogP contribution in [0.1, 0.15) is 10.5 Å². The van der Waals surface area contributed by atoms with Crippen molar-refractivity contribution in [3.63, 3.8) is 0 Å². The van der Waals surface area contributed by atoms with E-state index in [0.29, 0.717) is 5.69 Å². The van der Waals surface area contributed by atoms with E-state index in [1.165, 1.54) is 0 Å². The lowest BCUT2D eigenvalue weighted by Gasteiger charge is -2.04. The van der Waals surface area contributed by atoms with Crippen molar-refractivity contribution in [2.24, 2.45) is 0 Å². The number of anilines is 2. The molecule has 6 heteroatoms. The minimum Gasteiger partial charge on any atom is -0.379 e. The number of nitrogens with one attached hydrogen (secondary N) is 1. The third-order valence-electron chi connectivity index (χ3n) is 2.74. The van der Waals surface area contributed by atoms with E-state index in [2.05, 4.69) is 20.3 Å². The number of amides is 1. The molecule has 6 nitrogen and oxygen atoms in total. The average molecular weight is 254 g/mol. The summed E-state index contributed by atoms with van der Waals surface area (Å²) in [6.45, 7) is 0. The monoisotopic (exact) mass is 254 g/mol. The number of nitrogens with zero attached hydrogens (tertiary/aromatic N) is 2. The number of carbonyl (C=O) groups is 1. The van der Waals surface area contributed by atoms with Crippen molar-refractivity contribution >= 4 is 28.2 Å². The van der Waals surface area contributed by atoms with Crippen LogP contribution >= 0.6 is 0 Å². The molecule has 3 aromatic rings. The van der Waals surface area contributed by atoms with Gasteiger partial charge in [-0.15, -0.1) is 0 Å². The Morgan fingerprint density at radius 2 is 1.89 bits per heavy atom. The summed E-state index contributed by atoms with van der Waals surface area (Å²) in [7, 11) is 0. The zero-order chi connectivity index (χ0) is 13.2. The third kappa shape index (κ3) is 2.11. The normalized spacial score (nSPS) is 10.5. The Morgan fingerprint density at radius 1 is 1.11 bits per heavy atom. The third-order valence-corrected chi connectivity index (χ3v) is 2.74. The topological polar surface area (TPSA) is 94.0 Å². The quantitative estimate of drug-likeness (QED) is 0.730. The van der Waals surface area contributed by atoms with E-state index < -0.39 is 5.91 Å². The summed E-state index contributed by atoms with van der Waals surface area (Å²) in [6.07, 6.45) is 0. The maximum absolute atomic E-state index is 11.9. The Kier molecular flexibility index (Phi) is 2.60. The fraction of sp³-hybridized carbons (Fsp3) is 0. The predicted octanol–water partition coefficient (Wildman–Crippen LogP) is 2.06. The summed E-state index contributed by atoms with van der Waals surface area (Å²) in [5, 5.41) is 11.6. The number of fused-ring (bicyclic) bond motifs is 1. The Balaban J connectivity index is 1.89. The number of carbonyl (C=O) groups excluding carboxylic acids is 1. The highest BCUT2D eigenvalue weighted by Gasteiger charge is 2.15. The number of nitrogens with two attached hydrogens (primary N) is 1. The molecule has 0 aliphatic carbocycles. The molecule has 0 bridgehead atoms. The van der Waals surface area contributed by atoms with Gasteiger partial charge in [0.1, 0.15) is 0 Å². The molecule has 0 atom stereocenters. The molecule has 3 N–H and O–H groups in total. The van der Waals surface area contributed by atoms with E-state index in [4.69, 9.17) is 5.73 Å². The predicted molar refractivity (Wildman–Crippen MR) is 70.6 cm³/mol. The Bertz CT molecular complexity index is 751. The highest BCUT2D eigenvalue weighted by molar-refractivity contribution is 6.06. The van der Waals surface area contributed by atoms with Crippen LogP contribution in [-0.4, -0.2) is 16.2 Å². The fourth-order valence-corrected chi connectivity index (χ4v) is 1.81. The molecule has 3 rings (SSSR count). The maximum Gasteiger partial charge on any atom is 0.281 e. The number of aromatic nitrogens is 2. The van der Waals surface area contributed by atoms with Gasteiger partial charge in [-0.3, -0.25) is 4.79 Å². The lowest BCUT2D eigenvalue weighted by atomic mass is 10.1. The van der Waals surface area contributed by atoms with Crippen molar-refractivity contribution in [1.29, 1.82) is 0 Å². The second-order valence-corrected chi connectivity index (χ2v) is 4.01. The Labute approximate surface area is 108 Å². The van der Waals surface area contributed by atoms with Crippen molar-refractivity contribution < 1.29 is 9.42 Å². The van der Waals surface area contributed by atoms with Crippen molar-refractivity contribution in [3.8, 4) is 0 Å². The number of hydrogen-bond donors (Lipinski definition) is 2. The first kappa shape index (κ1) is 11.2. The second kappa shape index (κ2) is 4.41. The molecule has 2 aromatic carbocycles. The van der Waals surface area contributed by atoms with Crippen LogP contribution < -0.4 is 11.1 Å². The van der Waals surface area contributed by atoms with Crippen molar-refractivity contribution in [2.75, 3.05) is 11.1 Å². The molecule has 94 valence electrons. The van der Waals surface area contributed by atoms with Crippen molar-refractivity contribution in [2.45, 2.75) is 0 Å². The molecule has 0 aliphatic heterocycles. The van der Waals surface area contributed by atoms with Crippen LogP contribution in [0.25, 0.3) is 10.8 Å². The van der Waals surface area contributed by atoms with Crippen LogP contribution in [0.2, 0.25) is 0 Å². The first-order chi connectivity index (χ1) is 9.24. The van der Waals surface area contributed by atoms with Gasteiger partial charge >= 0.3 is 0 Å². The molecule has 1 aromatic heterocycles. The summed E-state index contributed by atoms with van der Waals surface area (Å²) in [5.74, 6) is -0.479. The van der Waals surface area contributed by atoms with E-state index in [9.17, 15) is 4.79 Å². The van der Waals surface area contributed by atoms with Crippen molar-refractivity contribution in [3.05, 3.63) is 48.2 Å². The van der Waals surface area contributed by atoms with Gasteiger partial charge < -0.3 is 11.1 Å². The van der Waals surface area contributed by atoms with Gasteiger partial charge in [0.05, 0.1) is 0 Å². The molecule has 1 amide bonds. The van der Waals surface area contributed by atoms with E-state index in [1.54, 1.807) is 0 Å². The minimum atomic E-state index is -0.450. The summed E-state index contributed by atoms with van der Waals surface area (Å²) in [5.41, 5.74) is 6.10. The standard InChI is InChI=1S/C13H10N4O2/c14-12-11(16-19-17-12)13(18)15-10-6-5-8-3-1-2-4-9(8)7-10/h1-7H,(H2,14,17)(H,15,18). The van der Waals surface area contributed by atoms with E-state index in [1.807, 2.05) is 42.5 Å². The number of hydrogen-bond acceptors (Lipinski definition) is 5. The number of benzene rings is 2. The fourth-order valence-electron chi connectivity index (χ4n) is 1.81. The zero-order valence-corrected chi connectivity index (χ0v) is 9.83. The van der Waals surface area contributed by atoms with Crippen LogP contribution in [0.3, 0.4) is 0 Å². The molecule has 19 heavy (non-hydrogen) atoms. The molecule has 0 saturated carbocycles. The highest BCUT2D eigenvalue weighted by Crippen LogP contribution is 2.19. The van der Waals surface area contributed by atoms with Crippen LogP contribution in [-0.2, 0) is 0 Å². The summed E-state index contributed by atoms with van der Waals surface area (Å²) >= 11 is 0. The van der Waals surface area contributed by atoms with Gasteiger partial charge in [-0.05, 0) is 33.2 Å². The largest absolute Gasteiger partial charge is 0.379 e. The second-order valence-electron chi connectivity index (χ2n) is 4.01. The van der Waals surface area contributed by atoms with Crippen LogP contribution in [0.4, 0.5) is 11.5 Å². The molecular weight excluding hydrogens is 244 g/mol. The smallest absolute Gasteiger partial charge is 0.281 e. The first-order valence-electron chi connectivity index (χ1n) is 5.62. The Hall–Kier alpha value is -2.89.